The largest absolute Gasteiger partial charge is 0.508 e. The van der Waals surface area contributed by atoms with E-state index >= 15 is 0 Å². The minimum absolute atomic E-state index is 0. The van der Waals surface area contributed by atoms with Crippen LogP contribution in [0.15, 0.2) is 36.9 Å². The minimum atomic E-state index is 0. The first-order chi connectivity index (χ1) is 8.33. The van der Waals surface area contributed by atoms with Crippen LogP contribution < -0.4 is 5.32 Å². The van der Waals surface area contributed by atoms with Gasteiger partial charge >= 0.3 is 0 Å². The highest BCUT2D eigenvalue weighted by atomic mass is 35.5. The molecule has 0 amide bonds. The Morgan fingerprint density at radius 1 is 1.17 bits per heavy atom. The van der Waals surface area contributed by atoms with Crippen molar-refractivity contribution in [3.05, 3.63) is 36.9 Å². The Labute approximate surface area is 109 Å². The number of rotatable bonds is 2. The van der Waals surface area contributed by atoms with Crippen molar-refractivity contribution in [2.24, 2.45) is 0 Å². The van der Waals surface area contributed by atoms with E-state index in [1.165, 1.54) is 6.33 Å². The van der Waals surface area contributed by atoms with Crippen molar-refractivity contribution >= 4 is 35.1 Å². The molecule has 3 rings (SSSR count). The van der Waals surface area contributed by atoms with Crippen molar-refractivity contribution in [3.8, 4) is 5.75 Å². The lowest BCUT2D eigenvalue weighted by atomic mass is 10.3. The molecule has 2 heterocycles. The number of H-pyrrole nitrogens is 1. The highest BCUT2D eigenvalue weighted by molar-refractivity contribution is 5.85. The van der Waals surface area contributed by atoms with Crippen LogP contribution in [-0.4, -0.2) is 25.0 Å². The maximum atomic E-state index is 9.37. The van der Waals surface area contributed by atoms with Gasteiger partial charge in [0.1, 0.15) is 17.6 Å². The lowest BCUT2D eigenvalue weighted by Gasteiger charge is -2.05. The molecule has 3 aromatic rings. The summed E-state index contributed by atoms with van der Waals surface area (Å²) >= 11 is 0. The van der Waals surface area contributed by atoms with Crippen molar-refractivity contribution in [3.63, 3.8) is 0 Å². The molecule has 0 aliphatic rings. The number of fused-ring (bicyclic) bond motifs is 1. The lowest BCUT2D eigenvalue weighted by Crippen LogP contribution is -1.95. The fourth-order valence-electron chi connectivity index (χ4n) is 1.58. The SMILES string of the molecule is Cl.Oc1cccc(Nc2ncnc3nc[nH]c23)c1. The summed E-state index contributed by atoms with van der Waals surface area (Å²) in [5.41, 5.74) is 2.08. The monoisotopic (exact) mass is 263 g/mol. The fraction of sp³-hybridized carbons (Fsp3) is 0. The second kappa shape index (κ2) is 4.89. The Morgan fingerprint density at radius 3 is 2.89 bits per heavy atom. The number of aromatic nitrogens is 4. The van der Waals surface area contributed by atoms with Crippen LogP contribution in [0.2, 0.25) is 0 Å². The predicted molar refractivity (Wildman–Crippen MR) is 70.3 cm³/mol. The van der Waals surface area contributed by atoms with Crippen LogP contribution >= 0.6 is 12.4 Å². The summed E-state index contributed by atoms with van der Waals surface area (Å²) < 4.78 is 0. The second-order valence-electron chi connectivity index (χ2n) is 3.50. The number of benzene rings is 1. The molecule has 18 heavy (non-hydrogen) atoms. The maximum absolute atomic E-state index is 9.37. The van der Waals surface area contributed by atoms with Gasteiger partial charge in [0.25, 0.3) is 0 Å². The van der Waals surface area contributed by atoms with E-state index in [-0.39, 0.29) is 18.2 Å². The fourth-order valence-corrected chi connectivity index (χ4v) is 1.58. The van der Waals surface area contributed by atoms with Gasteiger partial charge in [0, 0.05) is 11.8 Å². The molecule has 0 radical (unpaired) electrons. The van der Waals surface area contributed by atoms with Gasteiger partial charge in [0.2, 0.25) is 0 Å². The van der Waals surface area contributed by atoms with Crippen molar-refractivity contribution in [2.45, 2.75) is 0 Å². The van der Waals surface area contributed by atoms with Crippen LogP contribution in [0.4, 0.5) is 11.5 Å². The molecule has 92 valence electrons. The van der Waals surface area contributed by atoms with Crippen LogP contribution in [0, 0.1) is 0 Å². The quantitative estimate of drug-likeness (QED) is 0.660. The van der Waals surface area contributed by atoms with Crippen molar-refractivity contribution in [1.29, 1.82) is 0 Å². The summed E-state index contributed by atoms with van der Waals surface area (Å²) in [6.07, 6.45) is 3.00. The van der Waals surface area contributed by atoms with Gasteiger partial charge in [-0.05, 0) is 12.1 Å². The number of anilines is 2. The van der Waals surface area contributed by atoms with E-state index in [2.05, 4.69) is 25.3 Å². The molecule has 0 saturated heterocycles. The zero-order valence-electron chi connectivity index (χ0n) is 9.16. The Hall–Kier alpha value is -2.34. The third-order valence-electron chi connectivity index (χ3n) is 2.33. The van der Waals surface area contributed by atoms with Gasteiger partial charge in [-0.25, -0.2) is 15.0 Å². The Balaban J connectivity index is 0.00000120. The molecule has 1 aromatic carbocycles. The summed E-state index contributed by atoms with van der Waals surface area (Å²) in [7, 11) is 0. The number of imidazole rings is 1. The average Bonchev–Trinajstić information content (AvgIpc) is 2.78. The van der Waals surface area contributed by atoms with Gasteiger partial charge in [-0.1, -0.05) is 6.07 Å². The minimum Gasteiger partial charge on any atom is -0.508 e. The third-order valence-corrected chi connectivity index (χ3v) is 2.33. The first-order valence-corrected chi connectivity index (χ1v) is 5.03. The van der Waals surface area contributed by atoms with Gasteiger partial charge < -0.3 is 15.4 Å². The van der Waals surface area contributed by atoms with Crippen LogP contribution in [0.1, 0.15) is 0 Å². The van der Waals surface area contributed by atoms with E-state index in [9.17, 15) is 5.11 Å². The number of hydrogen-bond donors (Lipinski definition) is 3. The zero-order valence-corrected chi connectivity index (χ0v) is 9.98. The second-order valence-corrected chi connectivity index (χ2v) is 3.50. The summed E-state index contributed by atoms with van der Waals surface area (Å²) in [5.74, 6) is 0.822. The van der Waals surface area contributed by atoms with Gasteiger partial charge in [0.05, 0.1) is 6.33 Å². The van der Waals surface area contributed by atoms with Gasteiger partial charge in [0.15, 0.2) is 11.5 Å². The molecule has 7 heteroatoms. The number of phenolic OH excluding ortho intramolecular Hbond substituents is 1. The van der Waals surface area contributed by atoms with Gasteiger partial charge in [-0.3, -0.25) is 0 Å². The number of halogens is 1. The number of nitrogens with one attached hydrogen (secondary N) is 2. The highest BCUT2D eigenvalue weighted by Crippen LogP contribution is 2.22. The lowest BCUT2D eigenvalue weighted by molar-refractivity contribution is 0.475. The van der Waals surface area contributed by atoms with E-state index in [0.29, 0.717) is 11.5 Å². The number of phenols is 1. The first-order valence-electron chi connectivity index (χ1n) is 5.03. The van der Waals surface area contributed by atoms with E-state index in [1.54, 1.807) is 24.5 Å². The Kier molecular flexibility index (Phi) is 3.29. The molecule has 0 bridgehead atoms. The van der Waals surface area contributed by atoms with E-state index in [0.717, 1.165) is 11.2 Å². The van der Waals surface area contributed by atoms with Crippen molar-refractivity contribution < 1.29 is 5.11 Å². The number of aromatic amines is 1. The molecule has 2 aromatic heterocycles. The van der Waals surface area contributed by atoms with Crippen LogP contribution in [0.3, 0.4) is 0 Å². The van der Waals surface area contributed by atoms with E-state index < -0.39 is 0 Å². The van der Waals surface area contributed by atoms with Crippen LogP contribution in [0.5, 0.6) is 5.75 Å². The average molecular weight is 264 g/mol. The molecule has 6 nitrogen and oxygen atoms in total. The molecule has 0 spiro atoms. The van der Waals surface area contributed by atoms with Crippen molar-refractivity contribution in [1.82, 2.24) is 19.9 Å². The molecule has 3 N–H and O–H groups in total. The molecule has 0 fully saturated rings. The maximum Gasteiger partial charge on any atom is 0.182 e. The summed E-state index contributed by atoms with van der Waals surface area (Å²) in [6.45, 7) is 0. The molecule has 0 unspecified atom stereocenters. The van der Waals surface area contributed by atoms with Crippen LogP contribution in [-0.2, 0) is 0 Å². The number of nitrogens with zero attached hydrogens (tertiary/aromatic N) is 3. The highest BCUT2D eigenvalue weighted by Gasteiger charge is 2.05. The predicted octanol–water partition coefficient (Wildman–Crippen LogP) is 2.22. The molecule has 0 saturated carbocycles. The Morgan fingerprint density at radius 2 is 2.06 bits per heavy atom. The number of hydrogen-bond acceptors (Lipinski definition) is 5. The summed E-state index contributed by atoms with van der Waals surface area (Å²) in [6, 6.07) is 6.81. The normalized spacial score (nSPS) is 10.0. The Bertz CT molecular complexity index is 669. The van der Waals surface area contributed by atoms with E-state index in [4.69, 9.17) is 0 Å². The molecular formula is C11H10ClN5O. The zero-order chi connectivity index (χ0) is 11.7. The molecule has 0 atom stereocenters. The van der Waals surface area contributed by atoms with Crippen molar-refractivity contribution in [2.75, 3.05) is 5.32 Å². The summed E-state index contributed by atoms with van der Waals surface area (Å²) in [4.78, 5) is 15.2. The van der Waals surface area contributed by atoms with Gasteiger partial charge in [-0.2, -0.15) is 0 Å². The summed E-state index contributed by atoms with van der Waals surface area (Å²) in [5, 5.41) is 12.5. The topological polar surface area (TPSA) is 86.7 Å². The molecule has 0 aliphatic heterocycles. The molecular weight excluding hydrogens is 254 g/mol. The first kappa shape index (κ1) is 12.1. The standard InChI is InChI=1S/C11H9N5O.ClH/c17-8-3-1-2-7(4-8)16-11-9-10(13-5-12-9)14-6-15-11;/h1-6,17H,(H2,12,13,14,15,16);1H. The third kappa shape index (κ3) is 2.18. The van der Waals surface area contributed by atoms with Crippen LogP contribution in [0.25, 0.3) is 11.2 Å². The molecule has 0 aliphatic carbocycles. The van der Waals surface area contributed by atoms with Gasteiger partial charge in [-0.15, -0.1) is 12.4 Å². The number of aromatic hydroxyl groups is 1. The smallest absolute Gasteiger partial charge is 0.182 e. The van der Waals surface area contributed by atoms with E-state index in [1.807, 2.05) is 6.07 Å².